The third kappa shape index (κ3) is 1.63. The minimum Gasteiger partial charge on any atom is -0.328 e. The molecule has 1 aliphatic rings. The highest BCUT2D eigenvalue weighted by molar-refractivity contribution is 5.74. The highest BCUT2D eigenvalue weighted by Crippen LogP contribution is 2.28. The molecule has 0 spiro atoms. The molecule has 0 aliphatic carbocycles. The van der Waals surface area contributed by atoms with E-state index in [0.29, 0.717) is 5.92 Å². The molecule has 0 bridgehead atoms. The van der Waals surface area contributed by atoms with Gasteiger partial charge in [-0.3, -0.25) is 4.98 Å². The molecule has 1 N–H and O–H groups in total. The highest BCUT2D eigenvalue weighted by atomic mass is 15.1. The van der Waals surface area contributed by atoms with Gasteiger partial charge in [0.1, 0.15) is 11.3 Å². The SMILES string of the molecule is CCn1c(C(C)C2CNC2)nc2cnccc21. The molecule has 4 nitrogen and oxygen atoms in total. The van der Waals surface area contributed by atoms with Crippen LogP contribution in [0.15, 0.2) is 18.5 Å². The number of imidazole rings is 1. The molecule has 0 saturated carbocycles. The van der Waals surface area contributed by atoms with E-state index < -0.39 is 0 Å². The third-order valence-electron chi connectivity index (χ3n) is 3.82. The summed E-state index contributed by atoms with van der Waals surface area (Å²) in [6.07, 6.45) is 3.70. The van der Waals surface area contributed by atoms with Crippen LogP contribution in [0.4, 0.5) is 0 Å². The zero-order valence-corrected chi connectivity index (χ0v) is 10.3. The lowest BCUT2D eigenvalue weighted by molar-refractivity contribution is 0.292. The Labute approximate surface area is 101 Å². The summed E-state index contributed by atoms with van der Waals surface area (Å²) in [5.74, 6) is 2.45. The van der Waals surface area contributed by atoms with Crippen molar-refractivity contribution in [2.24, 2.45) is 5.92 Å². The Morgan fingerprint density at radius 1 is 1.53 bits per heavy atom. The molecule has 3 rings (SSSR count). The fourth-order valence-electron chi connectivity index (χ4n) is 2.56. The van der Waals surface area contributed by atoms with E-state index >= 15 is 0 Å². The van der Waals surface area contributed by atoms with Gasteiger partial charge in [0.15, 0.2) is 0 Å². The number of nitrogens with zero attached hydrogens (tertiary/aromatic N) is 3. The Kier molecular flexibility index (Phi) is 2.59. The number of aromatic nitrogens is 3. The van der Waals surface area contributed by atoms with Crippen molar-refractivity contribution < 1.29 is 0 Å². The van der Waals surface area contributed by atoms with E-state index in [1.165, 1.54) is 11.3 Å². The number of rotatable bonds is 3. The summed E-state index contributed by atoms with van der Waals surface area (Å²) in [6.45, 7) is 7.67. The van der Waals surface area contributed by atoms with Gasteiger partial charge in [-0.2, -0.15) is 0 Å². The topological polar surface area (TPSA) is 42.7 Å². The smallest absolute Gasteiger partial charge is 0.113 e. The van der Waals surface area contributed by atoms with Crippen LogP contribution in [0.25, 0.3) is 11.0 Å². The second kappa shape index (κ2) is 4.11. The normalized spacial score (nSPS) is 18.2. The zero-order valence-electron chi connectivity index (χ0n) is 10.3. The second-order valence-corrected chi connectivity index (χ2v) is 4.79. The second-order valence-electron chi connectivity index (χ2n) is 4.79. The van der Waals surface area contributed by atoms with Crippen molar-refractivity contribution in [2.45, 2.75) is 26.3 Å². The van der Waals surface area contributed by atoms with Crippen molar-refractivity contribution in [1.82, 2.24) is 19.9 Å². The minimum absolute atomic E-state index is 0.517. The number of nitrogens with one attached hydrogen (secondary N) is 1. The third-order valence-corrected chi connectivity index (χ3v) is 3.82. The van der Waals surface area contributed by atoms with Crippen molar-refractivity contribution >= 4 is 11.0 Å². The minimum atomic E-state index is 0.517. The fraction of sp³-hybridized carbons (Fsp3) is 0.538. The lowest BCUT2D eigenvalue weighted by Gasteiger charge is -2.32. The van der Waals surface area contributed by atoms with Gasteiger partial charge >= 0.3 is 0 Å². The lowest BCUT2D eigenvalue weighted by Crippen LogP contribution is -2.45. The number of fused-ring (bicyclic) bond motifs is 1. The number of aryl methyl sites for hydroxylation is 1. The zero-order chi connectivity index (χ0) is 11.8. The molecule has 4 heteroatoms. The molecule has 0 radical (unpaired) electrons. The standard InChI is InChI=1S/C13H18N4/c1-3-17-12-4-5-14-8-11(12)16-13(17)9(2)10-6-15-7-10/h4-5,8-10,15H,3,6-7H2,1-2H3. The fourth-order valence-corrected chi connectivity index (χ4v) is 2.56. The Morgan fingerprint density at radius 2 is 2.35 bits per heavy atom. The molecule has 1 atom stereocenters. The first-order valence-electron chi connectivity index (χ1n) is 6.32. The van der Waals surface area contributed by atoms with Crippen LogP contribution in [0.1, 0.15) is 25.6 Å². The van der Waals surface area contributed by atoms with Crippen molar-refractivity contribution in [3.63, 3.8) is 0 Å². The van der Waals surface area contributed by atoms with Crippen molar-refractivity contribution in [1.29, 1.82) is 0 Å². The Hall–Kier alpha value is -1.42. The van der Waals surface area contributed by atoms with E-state index in [9.17, 15) is 0 Å². The molecule has 1 aliphatic heterocycles. The predicted molar refractivity (Wildman–Crippen MR) is 68.0 cm³/mol. The molecule has 0 aromatic carbocycles. The summed E-state index contributed by atoms with van der Waals surface area (Å²) in [4.78, 5) is 8.91. The molecule has 1 saturated heterocycles. The maximum Gasteiger partial charge on any atom is 0.113 e. The van der Waals surface area contributed by atoms with Crippen LogP contribution in [0.2, 0.25) is 0 Å². The largest absolute Gasteiger partial charge is 0.328 e. The van der Waals surface area contributed by atoms with E-state index in [-0.39, 0.29) is 0 Å². The van der Waals surface area contributed by atoms with Gasteiger partial charge in [0.25, 0.3) is 0 Å². The lowest BCUT2D eigenvalue weighted by atomic mass is 9.88. The molecule has 0 amide bonds. The van der Waals surface area contributed by atoms with E-state index in [2.05, 4.69) is 34.8 Å². The maximum atomic E-state index is 4.76. The van der Waals surface area contributed by atoms with E-state index in [0.717, 1.165) is 31.1 Å². The molecule has 2 aromatic rings. The Bertz CT molecular complexity index is 527. The van der Waals surface area contributed by atoms with E-state index in [4.69, 9.17) is 4.98 Å². The van der Waals surface area contributed by atoms with Gasteiger partial charge in [0, 0.05) is 18.7 Å². The maximum absolute atomic E-state index is 4.76. The van der Waals surface area contributed by atoms with E-state index in [1.807, 2.05) is 12.4 Å². The van der Waals surface area contributed by atoms with Crippen molar-refractivity contribution in [2.75, 3.05) is 13.1 Å². The highest BCUT2D eigenvalue weighted by Gasteiger charge is 2.28. The van der Waals surface area contributed by atoms with Crippen LogP contribution in [0.3, 0.4) is 0 Å². The van der Waals surface area contributed by atoms with Gasteiger partial charge in [-0.1, -0.05) is 6.92 Å². The van der Waals surface area contributed by atoms with Crippen molar-refractivity contribution in [3.05, 3.63) is 24.3 Å². The van der Waals surface area contributed by atoms with Crippen LogP contribution >= 0.6 is 0 Å². The van der Waals surface area contributed by atoms with Gasteiger partial charge in [-0.05, 0) is 32.0 Å². The number of hydrogen-bond acceptors (Lipinski definition) is 3. The summed E-state index contributed by atoms with van der Waals surface area (Å²) >= 11 is 0. The molecule has 1 fully saturated rings. The van der Waals surface area contributed by atoms with Gasteiger partial charge in [0.05, 0.1) is 11.7 Å². The predicted octanol–water partition coefficient (Wildman–Crippen LogP) is 1.77. The summed E-state index contributed by atoms with van der Waals surface area (Å²) in [7, 11) is 0. The summed E-state index contributed by atoms with van der Waals surface area (Å²) < 4.78 is 2.32. The Balaban J connectivity index is 2.08. The molecular formula is C13H18N4. The van der Waals surface area contributed by atoms with Crippen molar-refractivity contribution in [3.8, 4) is 0 Å². The quantitative estimate of drug-likeness (QED) is 0.874. The first-order valence-corrected chi connectivity index (χ1v) is 6.32. The molecular weight excluding hydrogens is 212 g/mol. The summed E-state index contributed by atoms with van der Waals surface area (Å²) in [6, 6.07) is 2.06. The van der Waals surface area contributed by atoms with Crippen LogP contribution in [-0.4, -0.2) is 27.6 Å². The molecule has 3 heterocycles. The summed E-state index contributed by atoms with van der Waals surface area (Å²) in [5.41, 5.74) is 2.22. The van der Waals surface area contributed by atoms with Gasteiger partial charge < -0.3 is 9.88 Å². The number of hydrogen-bond donors (Lipinski definition) is 1. The van der Waals surface area contributed by atoms with E-state index in [1.54, 1.807) is 0 Å². The average Bonchev–Trinajstić information content (AvgIpc) is 2.64. The van der Waals surface area contributed by atoms with Gasteiger partial charge in [-0.15, -0.1) is 0 Å². The molecule has 1 unspecified atom stereocenters. The molecule has 2 aromatic heterocycles. The van der Waals surface area contributed by atoms with Crippen LogP contribution in [0, 0.1) is 5.92 Å². The van der Waals surface area contributed by atoms with Crippen LogP contribution < -0.4 is 5.32 Å². The van der Waals surface area contributed by atoms with Gasteiger partial charge in [-0.25, -0.2) is 4.98 Å². The number of pyridine rings is 1. The Morgan fingerprint density at radius 3 is 3.00 bits per heavy atom. The van der Waals surface area contributed by atoms with Crippen LogP contribution in [-0.2, 0) is 6.54 Å². The molecule has 90 valence electrons. The molecule has 17 heavy (non-hydrogen) atoms. The monoisotopic (exact) mass is 230 g/mol. The first-order chi connectivity index (χ1) is 8.31. The summed E-state index contributed by atoms with van der Waals surface area (Å²) in [5, 5.41) is 3.33. The first kappa shape index (κ1) is 10.7. The van der Waals surface area contributed by atoms with Gasteiger partial charge in [0.2, 0.25) is 0 Å². The average molecular weight is 230 g/mol. The van der Waals surface area contributed by atoms with Crippen LogP contribution in [0.5, 0.6) is 0 Å².